The predicted octanol–water partition coefficient (Wildman–Crippen LogP) is -0.0793. The van der Waals surface area contributed by atoms with Crippen molar-refractivity contribution >= 4 is 23.6 Å². The van der Waals surface area contributed by atoms with E-state index in [0.29, 0.717) is 12.2 Å². The van der Waals surface area contributed by atoms with E-state index >= 15 is 0 Å². The standard InChI is InChI=1S/C8H15N2O2S/c1-8(5-13-2,7(10)12)4-3-6(9)11/h3H,4-5H2,1-2H3,(H2,9,11)(H2,10,12). The van der Waals surface area contributed by atoms with E-state index in [-0.39, 0.29) is 0 Å². The van der Waals surface area contributed by atoms with Crippen LogP contribution < -0.4 is 11.5 Å². The van der Waals surface area contributed by atoms with Crippen LogP contribution in [0.3, 0.4) is 0 Å². The summed E-state index contributed by atoms with van der Waals surface area (Å²) in [6.45, 7) is 1.73. The highest BCUT2D eigenvalue weighted by atomic mass is 32.2. The first-order chi connectivity index (χ1) is 5.92. The number of hydrogen-bond donors (Lipinski definition) is 2. The summed E-state index contributed by atoms with van der Waals surface area (Å²) in [5.41, 5.74) is 9.49. The molecule has 0 rings (SSSR count). The van der Waals surface area contributed by atoms with E-state index in [1.165, 1.54) is 18.2 Å². The first kappa shape index (κ1) is 12.3. The number of nitrogens with two attached hydrogens (primary N) is 2. The van der Waals surface area contributed by atoms with Gasteiger partial charge >= 0.3 is 0 Å². The van der Waals surface area contributed by atoms with Crippen molar-refractivity contribution in [2.45, 2.75) is 13.3 Å². The van der Waals surface area contributed by atoms with E-state index in [0.717, 1.165) is 0 Å². The van der Waals surface area contributed by atoms with Crippen LogP contribution in [0, 0.1) is 11.8 Å². The van der Waals surface area contributed by atoms with E-state index in [1.807, 2.05) is 6.26 Å². The Hall–Kier alpha value is -0.710. The molecule has 0 aromatic rings. The minimum atomic E-state index is -0.672. The highest BCUT2D eigenvalue weighted by Gasteiger charge is 2.30. The molecular weight excluding hydrogens is 188 g/mol. The lowest BCUT2D eigenvalue weighted by Crippen LogP contribution is -2.37. The molecule has 1 unspecified atom stereocenters. The normalized spacial score (nSPS) is 14.9. The molecule has 5 heteroatoms. The van der Waals surface area contributed by atoms with Crippen LogP contribution in [0.15, 0.2) is 0 Å². The second-order valence-electron chi connectivity index (χ2n) is 3.17. The van der Waals surface area contributed by atoms with Crippen LogP contribution in [-0.4, -0.2) is 23.8 Å². The van der Waals surface area contributed by atoms with Crippen LogP contribution in [-0.2, 0) is 9.59 Å². The summed E-state index contributed by atoms with van der Waals surface area (Å²) in [6.07, 6.45) is 3.48. The molecule has 1 atom stereocenters. The van der Waals surface area contributed by atoms with Crippen LogP contribution in [0.4, 0.5) is 0 Å². The third-order valence-corrected chi connectivity index (χ3v) is 2.74. The maximum Gasteiger partial charge on any atom is 0.224 e. The topological polar surface area (TPSA) is 86.2 Å². The molecule has 1 radical (unpaired) electrons. The summed E-state index contributed by atoms with van der Waals surface area (Å²) >= 11 is 1.52. The fourth-order valence-electron chi connectivity index (χ4n) is 0.875. The quantitative estimate of drug-likeness (QED) is 0.633. The minimum Gasteiger partial charge on any atom is -0.369 e. The predicted molar refractivity (Wildman–Crippen MR) is 53.8 cm³/mol. The smallest absolute Gasteiger partial charge is 0.224 e. The number of primary amides is 2. The van der Waals surface area contributed by atoms with Crippen LogP contribution in [0.2, 0.25) is 0 Å². The van der Waals surface area contributed by atoms with Crippen molar-refractivity contribution in [3.63, 3.8) is 0 Å². The lowest BCUT2D eigenvalue weighted by atomic mass is 9.87. The average molecular weight is 203 g/mol. The van der Waals surface area contributed by atoms with Gasteiger partial charge in [-0.15, -0.1) is 0 Å². The van der Waals surface area contributed by atoms with Gasteiger partial charge in [-0.05, 0) is 19.6 Å². The molecule has 0 aliphatic carbocycles. The summed E-state index contributed by atoms with van der Waals surface area (Å²) in [5, 5.41) is 0. The number of carbonyl (C=O) groups excluding carboxylic acids is 2. The van der Waals surface area contributed by atoms with Crippen LogP contribution in [0.1, 0.15) is 13.3 Å². The van der Waals surface area contributed by atoms with Crippen molar-refractivity contribution in [3.8, 4) is 0 Å². The van der Waals surface area contributed by atoms with Crippen molar-refractivity contribution < 1.29 is 9.59 Å². The molecule has 0 aliphatic heterocycles. The van der Waals surface area contributed by atoms with Gasteiger partial charge in [-0.25, -0.2) is 0 Å². The molecule has 0 bridgehead atoms. The van der Waals surface area contributed by atoms with Gasteiger partial charge in [-0.1, -0.05) is 0 Å². The molecule has 0 aliphatic rings. The molecule has 0 fully saturated rings. The Kier molecular flexibility index (Phi) is 4.83. The van der Waals surface area contributed by atoms with Crippen molar-refractivity contribution in [2.24, 2.45) is 16.9 Å². The Morgan fingerprint density at radius 2 is 2.00 bits per heavy atom. The van der Waals surface area contributed by atoms with Crippen molar-refractivity contribution in [2.75, 3.05) is 12.0 Å². The molecular formula is C8H15N2O2S. The van der Waals surface area contributed by atoms with Crippen LogP contribution in [0.25, 0.3) is 0 Å². The fourth-order valence-corrected chi connectivity index (χ4v) is 1.77. The zero-order chi connectivity index (χ0) is 10.5. The third kappa shape index (κ3) is 4.17. The zero-order valence-electron chi connectivity index (χ0n) is 7.87. The van der Waals surface area contributed by atoms with Gasteiger partial charge < -0.3 is 11.5 Å². The lowest BCUT2D eigenvalue weighted by Gasteiger charge is -2.23. The van der Waals surface area contributed by atoms with Gasteiger partial charge in [-0.2, -0.15) is 11.8 Å². The van der Waals surface area contributed by atoms with Gasteiger partial charge in [0.1, 0.15) is 0 Å². The van der Waals surface area contributed by atoms with E-state index in [4.69, 9.17) is 11.5 Å². The summed E-state index contributed by atoms with van der Waals surface area (Å²) in [7, 11) is 0. The molecule has 4 nitrogen and oxygen atoms in total. The molecule has 0 heterocycles. The zero-order valence-corrected chi connectivity index (χ0v) is 8.69. The number of rotatable bonds is 6. The fraction of sp³-hybridized carbons (Fsp3) is 0.625. The molecule has 0 aromatic carbocycles. The second-order valence-corrected chi connectivity index (χ2v) is 4.03. The molecule has 4 N–H and O–H groups in total. The Morgan fingerprint density at radius 3 is 2.31 bits per heavy atom. The minimum absolute atomic E-state index is 0.304. The van der Waals surface area contributed by atoms with E-state index < -0.39 is 17.2 Å². The molecule has 0 saturated heterocycles. The van der Waals surface area contributed by atoms with Crippen LogP contribution in [0.5, 0.6) is 0 Å². The molecule has 0 spiro atoms. The Balaban J connectivity index is 4.24. The van der Waals surface area contributed by atoms with Gasteiger partial charge in [-0.3, -0.25) is 9.59 Å². The highest BCUT2D eigenvalue weighted by Crippen LogP contribution is 2.26. The van der Waals surface area contributed by atoms with Crippen molar-refractivity contribution in [3.05, 3.63) is 6.42 Å². The van der Waals surface area contributed by atoms with Crippen molar-refractivity contribution in [1.82, 2.24) is 0 Å². The Labute approximate surface area is 82.4 Å². The maximum absolute atomic E-state index is 11.1. The number of thioether (sulfide) groups is 1. The average Bonchev–Trinajstić information content (AvgIpc) is 2.01. The first-order valence-corrected chi connectivity index (χ1v) is 5.23. The third-order valence-electron chi connectivity index (χ3n) is 1.81. The van der Waals surface area contributed by atoms with Gasteiger partial charge in [0.15, 0.2) is 0 Å². The largest absolute Gasteiger partial charge is 0.369 e. The molecule has 13 heavy (non-hydrogen) atoms. The second kappa shape index (κ2) is 5.11. The number of carbonyl (C=O) groups is 2. The molecule has 2 amide bonds. The Morgan fingerprint density at radius 1 is 1.46 bits per heavy atom. The summed E-state index contributed by atoms with van der Waals surface area (Å²) < 4.78 is 0. The van der Waals surface area contributed by atoms with E-state index in [1.54, 1.807) is 6.92 Å². The monoisotopic (exact) mass is 203 g/mol. The van der Waals surface area contributed by atoms with E-state index in [2.05, 4.69) is 0 Å². The highest BCUT2D eigenvalue weighted by molar-refractivity contribution is 7.98. The lowest BCUT2D eigenvalue weighted by molar-refractivity contribution is -0.125. The summed E-state index contributed by atoms with van der Waals surface area (Å²) in [4.78, 5) is 21.5. The van der Waals surface area contributed by atoms with Gasteiger partial charge in [0.05, 0.1) is 11.8 Å². The maximum atomic E-state index is 11.1. The molecule has 0 aromatic heterocycles. The SMILES string of the molecule is CSCC(C)(C[CH]C(N)=O)C(N)=O. The van der Waals surface area contributed by atoms with Crippen molar-refractivity contribution in [1.29, 1.82) is 0 Å². The van der Waals surface area contributed by atoms with Crippen LogP contribution >= 0.6 is 11.8 Å². The summed E-state index contributed by atoms with van der Waals surface area (Å²) in [6, 6.07) is 0. The summed E-state index contributed by atoms with van der Waals surface area (Å²) in [5.74, 6) is -0.334. The van der Waals surface area contributed by atoms with Gasteiger partial charge in [0, 0.05) is 5.75 Å². The number of amides is 2. The van der Waals surface area contributed by atoms with Gasteiger partial charge in [0.25, 0.3) is 0 Å². The Bertz CT molecular complexity index is 208. The number of hydrogen-bond acceptors (Lipinski definition) is 3. The first-order valence-electron chi connectivity index (χ1n) is 3.84. The molecule has 0 saturated carbocycles. The van der Waals surface area contributed by atoms with Gasteiger partial charge in [0.2, 0.25) is 11.8 Å². The molecule has 75 valence electrons. The van der Waals surface area contributed by atoms with E-state index in [9.17, 15) is 9.59 Å².